The Balaban J connectivity index is 1.31. The lowest BCUT2D eigenvalue weighted by Crippen LogP contribution is -2.37. The van der Waals surface area contributed by atoms with E-state index in [0.717, 1.165) is 29.9 Å². The molecule has 0 radical (unpaired) electrons. The molecule has 0 spiro atoms. The van der Waals surface area contributed by atoms with Crippen LogP contribution in [0.1, 0.15) is 27.7 Å². The Bertz CT molecular complexity index is 1150. The summed E-state index contributed by atoms with van der Waals surface area (Å²) in [7, 11) is 0. The highest BCUT2D eigenvalue weighted by Crippen LogP contribution is 2.35. The van der Waals surface area contributed by atoms with Gasteiger partial charge in [-0.25, -0.2) is 0 Å². The van der Waals surface area contributed by atoms with Crippen molar-refractivity contribution in [3.63, 3.8) is 0 Å². The number of hydrogen-bond donors (Lipinski definition) is 1. The van der Waals surface area contributed by atoms with E-state index < -0.39 is 0 Å². The Kier molecular flexibility index (Phi) is 5.28. The average molecular weight is 409 g/mol. The summed E-state index contributed by atoms with van der Waals surface area (Å²) in [6, 6.07) is 30.2. The minimum absolute atomic E-state index is 0.0498. The van der Waals surface area contributed by atoms with Crippen molar-refractivity contribution in [1.29, 1.82) is 0 Å². The van der Waals surface area contributed by atoms with Gasteiger partial charge in [-0.05, 0) is 53.4 Å². The van der Waals surface area contributed by atoms with Gasteiger partial charge in [0.15, 0.2) is 0 Å². The summed E-state index contributed by atoms with van der Waals surface area (Å²) in [4.78, 5) is 15.2. The fourth-order valence-corrected chi connectivity index (χ4v) is 4.27. The monoisotopic (exact) mass is 408 g/mol. The Morgan fingerprint density at radius 1 is 0.871 bits per heavy atom. The molecule has 1 amide bonds. The van der Waals surface area contributed by atoms with Crippen molar-refractivity contribution in [3.05, 3.63) is 114 Å². The Morgan fingerprint density at radius 3 is 2.39 bits per heavy atom. The number of carbonyl (C=O) groups excluding carboxylic acids is 1. The summed E-state index contributed by atoms with van der Waals surface area (Å²) in [5, 5.41) is 3.11. The number of amides is 1. The smallest absolute Gasteiger partial charge is 0.251 e. The van der Waals surface area contributed by atoms with Crippen LogP contribution in [-0.4, -0.2) is 19.0 Å². The van der Waals surface area contributed by atoms with Crippen molar-refractivity contribution >= 4 is 11.6 Å². The van der Waals surface area contributed by atoms with Crippen LogP contribution in [0.25, 0.3) is 11.1 Å². The van der Waals surface area contributed by atoms with Gasteiger partial charge >= 0.3 is 0 Å². The second-order valence-corrected chi connectivity index (χ2v) is 7.76. The van der Waals surface area contributed by atoms with Crippen LogP contribution >= 0.6 is 0 Å². The van der Waals surface area contributed by atoms with Crippen LogP contribution in [0.2, 0.25) is 0 Å². The molecule has 5 rings (SSSR count). The van der Waals surface area contributed by atoms with Crippen molar-refractivity contribution in [3.8, 4) is 11.1 Å². The molecule has 0 unspecified atom stereocenters. The number of para-hydroxylation sites is 1. The summed E-state index contributed by atoms with van der Waals surface area (Å²) in [6.07, 6.45) is 2.69. The fourth-order valence-electron chi connectivity index (χ4n) is 4.27. The number of fused-ring (bicyclic) bond motifs is 1. The van der Waals surface area contributed by atoms with Gasteiger partial charge in [-0.1, -0.05) is 60.7 Å². The third-order valence-corrected chi connectivity index (χ3v) is 5.88. The van der Waals surface area contributed by atoms with Crippen LogP contribution in [-0.2, 0) is 6.42 Å². The first-order valence-electron chi connectivity index (χ1n) is 10.6. The molecule has 0 saturated carbocycles. The minimum Gasteiger partial charge on any atom is -0.467 e. The standard InChI is InChI=1S/C27H24N2O2/c30-27(23-14-12-21(13-15-23)20-7-2-1-3-8-20)28-19-25(26-11-6-18-31-26)29-17-16-22-9-4-5-10-24(22)29/h1-15,18,25H,16-17,19H2,(H,28,30)/t25-/m0/s1. The van der Waals surface area contributed by atoms with Crippen LogP contribution in [0.15, 0.2) is 102 Å². The lowest BCUT2D eigenvalue weighted by Gasteiger charge is -2.29. The SMILES string of the molecule is O=C(NC[C@@H](c1ccco1)N1CCc2ccccc21)c1ccc(-c2ccccc2)cc1. The number of furan rings is 1. The first-order chi connectivity index (χ1) is 15.3. The second-order valence-electron chi connectivity index (χ2n) is 7.76. The predicted molar refractivity (Wildman–Crippen MR) is 123 cm³/mol. The highest BCUT2D eigenvalue weighted by molar-refractivity contribution is 5.94. The van der Waals surface area contributed by atoms with E-state index in [0.29, 0.717) is 12.1 Å². The molecule has 1 aliphatic heterocycles. The van der Waals surface area contributed by atoms with Crippen LogP contribution in [0, 0.1) is 0 Å². The first kappa shape index (κ1) is 19.2. The number of carbonyl (C=O) groups is 1. The van der Waals surface area contributed by atoms with Crippen LogP contribution in [0.5, 0.6) is 0 Å². The molecule has 2 heterocycles. The zero-order valence-corrected chi connectivity index (χ0v) is 17.2. The average Bonchev–Trinajstić information content (AvgIpc) is 3.51. The third kappa shape index (κ3) is 3.97. The Hall–Kier alpha value is -3.79. The van der Waals surface area contributed by atoms with Gasteiger partial charge in [0.2, 0.25) is 0 Å². The number of anilines is 1. The third-order valence-electron chi connectivity index (χ3n) is 5.88. The number of hydrogen-bond acceptors (Lipinski definition) is 3. The van der Waals surface area contributed by atoms with Crippen LogP contribution < -0.4 is 10.2 Å². The molecule has 3 aromatic carbocycles. The van der Waals surface area contributed by atoms with Gasteiger partial charge < -0.3 is 14.6 Å². The van der Waals surface area contributed by atoms with Gasteiger partial charge in [-0.15, -0.1) is 0 Å². The zero-order chi connectivity index (χ0) is 21.0. The quantitative estimate of drug-likeness (QED) is 0.459. The maximum Gasteiger partial charge on any atom is 0.251 e. The Morgan fingerprint density at radius 2 is 1.61 bits per heavy atom. The topological polar surface area (TPSA) is 45.5 Å². The maximum absolute atomic E-state index is 12.9. The maximum atomic E-state index is 12.9. The molecule has 1 aromatic heterocycles. The first-order valence-corrected chi connectivity index (χ1v) is 10.6. The van der Waals surface area contributed by atoms with E-state index >= 15 is 0 Å². The van der Waals surface area contributed by atoms with E-state index in [2.05, 4.69) is 46.6 Å². The van der Waals surface area contributed by atoms with E-state index in [-0.39, 0.29) is 11.9 Å². The van der Waals surface area contributed by atoms with E-state index in [4.69, 9.17) is 4.42 Å². The van der Waals surface area contributed by atoms with Gasteiger partial charge in [0, 0.05) is 24.3 Å². The summed E-state index contributed by atoms with van der Waals surface area (Å²) >= 11 is 0. The largest absolute Gasteiger partial charge is 0.467 e. The van der Waals surface area contributed by atoms with Crippen LogP contribution in [0.3, 0.4) is 0 Å². The molecule has 0 bridgehead atoms. The fraction of sp³-hybridized carbons (Fsp3) is 0.148. The summed E-state index contributed by atoms with van der Waals surface area (Å²) in [5.41, 5.74) is 5.44. The van der Waals surface area contributed by atoms with E-state index in [1.165, 1.54) is 11.3 Å². The van der Waals surface area contributed by atoms with E-state index in [1.54, 1.807) is 6.26 Å². The van der Waals surface area contributed by atoms with E-state index in [9.17, 15) is 4.79 Å². The molecular formula is C27H24N2O2. The number of rotatable bonds is 6. The number of nitrogens with one attached hydrogen (secondary N) is 1. The Labute approximate surface area is 182 Å². The predicted octanol–water partition coefficient (Wildman–Crippen LogP) is 5.48. The highest BCUT2D eigenvalue weighted by atomic mass is 16.3. The molecule has 4 heteroatoms. The summed E-state index contributed by atoms with van der Waals surface area (Å²) in [5.74, 6) is 0.778. The van der Waals surface area contributed by atoms with Crippen molar-refractivity contribution in [2.24, 2.45) is 0 Å². The molecule has 0 fully saturated rings. The molecule has 0 saturated heterocycles. The molecular weight excluding hydrogens is 384 g/mol. The van der Waals surface area contributed by atoms with Gasteiger partial charge in [-0.2, -0.15) is 0 Å². The van der Waals surface area contributed by atoms with Crippen molar-refractivity contribution in [2.75, 3.05) is 18.0 Å². The van der Waals surface area contributed by atoms with Gasteiger partial charge in [-0.3, -0.25) is 4.79 Å². The normalized spacial score (nSPS) is 13.6. The lowest BCUT2D eigenvalue weighted by atomic mass is 10.0. The molecule has 0 aliphatic carbocycles. The minimum atomic E-state index is -0.0800. The molecule has 1 N–H and O–H groups in total. The molecule has 4 nitrogen and oxygen atoms in total. The van der Waals surface area contributed by atoms with Crippen molar-refractivity contribution in [1.82, 2.24) is 5.32 Å². The number of nitrogens with zero attached hydrogens (tertiary/aromatic N) is 1. The molecule has 1 atom stereocenters. The highest BCUT2D eigenvalue weighted by Gasteiger charge is 2.29. The summed E-state index contributed by atoms with van der Waals surface area (Å²) in [6.45, 7) is 1.38. The molecule has 31 heavy (non-hydrogen) atoms. The molecule has 1 aliphatic rings. The summed E-state index contributed by atoms with van der Waals surface area (Å²) < 4.78 is 5.73. The lowest BCUT2D eigenvalue weighted by molar-refractivity contribution is 0.0950. The zero-order valence-electron chi connectivity index (χ0n) is 17.2. The molecule has 154 valence electrons. The second kappa shape index (κ2) is 8.52. The van der Waals surface area contributed by atoms with Crippen molar-refractivity contribution < 1.29 is 9.21 Å². The number of benzene rings is 3. The van der Waals surface area contributed by atoms with Gasteiger partial charge in [0.25, 0.3) is 5.91 Å². The van der Waals surface area contributed by atoms with E-state index in [1.807, 2.05) is 54.6 Å². The van der Waals surface area contributed by atoms with Gasteiger partial charge in [0.05, 0.1) is 6.26 Å². The van der Waals surface area contributed by atoms with Crippen LogP contribution in [0.4, 0.5) is 5.69 Å². The van der Waals surface area contributed by atoms with Gasteiger partial charge in [0.1, 0.15) is 11.8 Å². The van der Waals surface area contributed by atoms with Crippen molar-refractivity contribution in [2.45, 2.75) is 12.5 Å². The molecule has 4 aromatic rings.